The van der Waals surface area contributed by atoms with E-state index in [4.69, 9.17) is 15.0 Å². The molecule has 100 valence electrons. The predicted molar refractivity (Wildman–Crippen MR) is 66.6 cm³/mol. The van der Waals surface area contributed by atoms with E-state index in [1.54, 1.807) is 6.07 Å². The van der Waals surface area contributed by atoms with Gasteiger partial charge in [-0.2, -0.15) is 0 Å². The molecule has 1 saturated carbocycles. The van der Waals surface area contributed by atoms with E-state index in [0.717, 1.165) is 18.8 Å². The van der Waals surface area contributed by atoms with Crippen molar-refractivity contribution in [1.29, 1.82) is 0 Å². The van der Waals surface area contributed by atoms with Crippen LogP contribution in [0.4, 0.5) is 0 Å². The molecule has 0 unspecified atom stereocenters. The van der Waals surface area contributed by atoms with Gasteiger partial charge in [-0.1, -0.05) is 6.92 Å². The van der Waals surface area contributed by atoms with Gasteiger partial charge in [0.2, 0.25) is 0 Å². The van der Waals surface area contributed by atoms with Crippen molar-refractivity contribution in [2.24, 2.45) is 11.8 Å². The summed E-state index contributed by atoms with van der Waals surface area (Å²) in [6.45, 7) is 2.69. The topological polar surface area (TPSA) is 77.5 Å². The first-order valence-corrected chi connectivity index (χ1v) is 6.39. The number of furan rings is 1. The number of nitrogen functional groups attached to an aromatic ring is 1. The number of hydrogen-bond donors (Lipinski definition) is 2. The molecular weight excluding hydrogens is 232 g/mol. The number of hydrogen-bond acceptors (Lipinski definition) is 4. The second-order valence-corrected chi connectivity index (χ2v) is 4.97. The van der Waals surface area contributed by atoms with Crippen molar-refractivity contribution < 1.29 is 13.9 Å². The van der Waals surface area contributed by atoms with Crippen LogP contribution >= 0.6 is 0 Å². The van der Waals surface area contributed by atoms with Crippen LogP contribution in [0, 0.1) is 5.92 Å². The molecule has 2 rings (SSSR count). The van der Waals surface area contributed by atoms with Crippen LogP contribution in [0.15, 0.2) is 16.7 Å². The minimum atomic E-state index is -0.350. The number of ether oxygens (including phenoxy) is 1. The second kappa shape index (κ2) is 6.02. The lowest BCUT2D eigenvalue weighted by atomic mass is 9.89. The van der Waals surface area contributed by atoms with E-state index in [-0.39, 0.29) is 5.91 Å². The summed E-state index contributed by atoms with van der Waals surface area (Å²) in [4.78, 5) is 11.2. The van der Waals surface area contributed by atoms with Gasteiger partial charge < -0.3 is 9.15 Å². The molecule has 1 aromatic rings. The molecule has 0 bridgehead atoms. The minimum absolute atomic E-state index is 0.318. The maximum absolute atomic E-state index is 11.2. The highest BCUT2D eigenvalue weighted by Gasteiger charge is 2.19. The van der Waals surface area contributed by atoms with E-state index in [0.29, 0.717) is 24.0 Å². The molecule has 1 amide bonds. The van der Waals surface area contributed by atoms with E-state index in [1.807, 2.05) is 0 Å². The molecule has 0 saturated heterocycles. The smallest absolute Gasteiger partial charge is 0.268 e. The maximum Gasteiger partial charge on any atom is 0.268 e. The normalized spacial score (nSPS) is 23.9. The van der Waals surface area contributed by atoms with Crippen molar-refractivity contribution in [2.75, 3.05) is 0 Å². The Kier molecular flexibility index (Phi) is 4.38. The van der Waals surface area contributed by atoms with Crippen molar-refractivity contribution in [1.82, 2.24) is 5.43 Å². The molecule has 0 atom stereocenters. The monoisotopic (exact) mass is 252 g/mol. The molecule has 0 radical (unpaired) electrons. The van der Waals surface area contributed by atoms with E-state index in [9.17, 15) is 4.79 Å². The highest BCUT2D eigenvalue weighted by Crippen LogP contribution is 2.26. The summed E-state index contributed by atoms with van der Waals surface area (Å²) in [6.07, 6.45) is 6.38. The lowest BCUT2D eigenvalue weighted by molar-refractivity contribution is 0.00127. The fraction of sp³-hybridized carbons (Fsp3) is 0.615. The summed E-state index contributed by atoms with van der Waals surface area (Å²) in [6, 6.07) is 1.66. The van der Waals surface area contributed by atoms with Gasteiger partial charge >= 0.3 is 0 Å². The lowest BCUT2D eigenvalue weighted by Gasteiger charge is -2.25. The highest BCUT2D eigenvalue weighted by atomic mass is 16.5. The van der Waals surface area contributed by atoms with Gasteiger partial charge in [-0.25, -0.2) is 5.84 Å². The molecule has 0 aliphatic heterocycles. The molecule has 5 nitrogen and oxygen atoms in total. The van der Waals surface area contributed by atoms with Crippen LogP contribution in [0.2, 0.25) is 0 Å². The maximum atomic E-state index is 11.2. The van der Waals surface area contributed by atoms with Gasteiger partial charge in [0.15, 0.2) is 0 Å². The Bertz CT molecular complexity index is 395. The molecule has 1 aliphatic rings. The van der Waals surface area contributed by atoms with Crippen LogP contribution in [0.3, 0.4) is 0 Å². The Hall–Kier alpha value is -1.33. The third kappa shape index (κ3) is 3.34. The van der Waals surface area contributed by atoms with Gasteiger partial charge in [0.25, 0.3) is 5.91 Å². The van der Waals surface area contributed by atoms with Crippen LogP contribution < -0.4 is 11.3 Å². The molecule has 0 spiro atoms. The van der Waals surface area contributed by atoms with E-state index in [1.165, 1.54) is 19.1 Å². The summed E-state index contributed by atoms with van der Waals surface area (Å²) in [5.74, 6) is 6.17. The summed E-state index contributed by atoms with van der Waals surface area (Å²) >= 11 is 0. The zero-order chi connectivity index (χ0) is 13.0. The van der Waals surface area contributed by atoms with Crippen molar-refractivity contribution in [3.8, 4) is 0 Å². The standard InChI is InChI=1S/C13H20N2O3/c1-9-2-4-11(5-3-9)18-8-12-6-10(7-17-12)13(16)15-14/h6-7,9,11H,2-5,8,14H2,1H3,(H,15,16). The predicted octanol–water partition coefficient (Wildman–Crippen LogP) is 1.98. The fourth-order valence-corrected chi connectivity index (χ4v) is 2.25. The van der Waals surface area contributed by atoms with Gasteiger partial charge in [-0.05, 0) is 37.7 Å². The second-order valence-electron chi connectivity index (χ2n) is 4.97. The average Bonchev–Trinajstić information content (AvgIpc) is 2.86. The minimum Gasteiger partial charge on any atom is -0.466 e. The SMILES string of the molecule is CC1CCC(OCc2cc(C(=O)NN)co2)CC1. The molecule has 1 fully saturated rings. The average molecular weight is 252 g/mol. The van der Waals surface area contributed by atoms with Crippen LogP contribution in [-0.4, -0.2) is 12.0 Å². The fourth-order valence-electron chi connectivity index (χ4n) is 2.25. The zero-order valence-electron chi connectivity index (χ0n) is 10.6. The summed E-state index contributed by atoms with van der Waals surface area (Å²) in [5.41, 5.74) is 2.49. The van der Waals surface area contributed by atoms with E-state index >= 15 is 0 Å². The first-order valence-electron chi connectivity index (χ1n) is 6.39. The highest BCUT2D eigenvalue weighted by molar-refractivity contribution is 5.93. The number of nitrogens with one attached hydrogen (secondary N) is 1. The summed E-state index contributed by atoms with van der Waals surface area (Å²) in [5, 5.41) is 0. The molecular formula is C13H20N2O3. The van der Waals surface area contributed by atoms with Crippen molar-refractivity contribution >= 4 is 5.91 Å². The van der Waals surface area contributed by atoms with Crippen LogP contribution in [0.5, 0.6) is 0 Å². The number of rotatable bonds is 4. The molecule has 1 aromatic heterocycles. The quantitative estimate of drug-likeness (QED) is 0.488. The molecule has 0 aromatic carbocycles. The molecule has 1 aliphatic carbocycles. The summed E-state index contributed by atoms with van der Waals surface area (Å²) in [7, 11) is 0. The first-order chi connectivity index (χ1) is 8.69. The number of carbonyl (C=O) groups excluding carboxylic acids is 1. The van der Waals surface area contributed by atoms with Crippen molar-refractivity contribution in [2.45, 2.75) is 45.3 Å². The van der Waals surface area contributed by atoms with Crippen molar-refractivity contribution in [3.05, 3.63) is 23.7 Å². The van der Waals surface area contributed by atoms with Gasteiger partial charge in [-0.15, -0.1) is 0 Å². The zero-order valence-corrected chi connectivity index (χ0v) is 10.6. The lowest BCUT2D eigenvalue weighted by Crippen LogP contribution is -2.29. The number of nitrogens with two attached hydrogens (primary N) is 1. The molecule has 5 heteroatoms. The molecule has 3 N–H and O–H groups in total. The Labute approximate surface area is 107 Å². The van der Waals surface area contributed by atoms with Crippen LogP contribution in [-0.2, 0) is 11.3 Å². The Morgan fingerprint density at radius 2 is 2.22 bits per heavy atom. The molecule has 1 heterocycles. The van der Waals surface area contributed by atoms with E-state index < -0.39 is 0 Å². The number of hydrazine groups is 1. The van der Waals surface area contributed by atoms with Gasteiger partial charge in [0.1, 0.15) is 18.6 Å². The third-order valence-corrected chi connectivity index (χ3v) is 3.47. The first kappa shape index (κ1) is 13.1. The third-order valence-electron chi connectivity index (χ3n) is 3.47. The Morgan fingerprint density at radius 1 is 1.50 bits per heavy atom. The van der Waals surface area contributed by atoms with Gasteiger partial charge in [0.05, 0.1) is 11.7 Å². The number of carbonyl (C=O) groups is 1. The van der Waals surface area contributed by atoms with Gasteiger partial charge in [0, 0.05) is 0 Å². The van der Waals surface area contributed by atoms with Crippen LogP contribution in [0.1, 0.15) is 48.7 Å². The summed E-state index contributed by atoms with van der Waals surface area (Å²) < 4.78 is 11.0. The molecule has 18 heavy (non-hydrogen) atoms. The van der Waals surface area contributed by atoms with E-state index in [2.05, 4.69) is 12.3 Å². The van der Waals surface area contributed by atoms with Gasteiger partial charge in [-0.3, -0.25) is 10.2 Å². The Morgan fingerprint density at radius 3 is 2.89 bits per heavy atom. The van der Waals surface area contributed by atoms with Crippen LogP contribution in [0.25, 0.3) is 0 Å². The number of amides is 1. The van der Waals surface area contributed by atoms with Crippen molar-refractivity contribution in [3.63, 3.8) is 0 Å². The Balaban J connectivity index is 1.79. The largest absolute Gasteiger partial charge is 0.466 e.